The molecule has 0 aromatic carbocycles. The minimum absolute atomic E-state index is 0.108. The quantitative estimate of drug-likeness (QED) is 0.716. The summed E-state index contributed by atoms with van der Waals surface area (Å²) in [6.07, 6.45) is -5.84. The van der Waals surface area contributed by atoms with Crippen LogP contribution in [-0.4, -0.2) is 60.0 Å². The lowest BCUT2D eigenvalue weighted by atomic mass is 10.1. The maximum Gasteiger partial charge on any atom is 0.463 e. The van der Waals surface area contributed by atoms with Crippen molar-refractivity contribution in [2.24, 2.45) is 0 Å². The third-order valence-electron chi connectivity index (χ3n) is 3.08. The number of carbonyl (C=O) groups is 1. The highest BCUT2D eigenvalue weighted by molar-refractivity contribution is 5.84. The zero-order chi connectivity index (χ0) is 14.1. The summed E-state index contributed by atoms with van der Waals surface area (Å²) in [5, 5.41) is 0. The number of nitrogens with zero attached hydrogens (tertiary/aromatic N) is 2. The van der Waals surface area contributed by atoms with Crippen LogP contribution in [0.3, 0.4) is 0 Å². The Hall–Kier alpha value is -0.920. The predicted molar refractivity (Wildman–Crippen MR) is 54.3 cm³/mol. The molecule has 0 saturated carbocycles. The van der Waals surface area contributed by atoms with Gasteiger partial charge < -0.3 is 4.90 Å². The van der Waals surface area contributed by atoms with Crippen LogP contribution in [0, 0.1) is 0 Å². The predicted octanol–water partition coefficient (Wildman–Crippen LogP) is 1.74. The van der Waals surface area contributed by atoms with Crippen LogP contribution in [0.15, 0.2) is 0 Å². The van der Waals surface area contributed by atoms with E-state index in [0.29, 0.717) is 18.0 Å². The first-order valence-electron chi connectivity index (χ1n) is 5.59. The first kappa shape index (κ1) is 15.1. The molecular weight excluding hydrogens is 259 g/mol. The van der Waals surface area contributed by atoms with Crippen LogP contribution in [0.5, 0.6) is 0 Å². The summed E-state index contributed by atoms with van der Waals surface area (Å²) in [7, 11) is 0. The number of alkyl halides is 5. The van der Waals surface area contributed by atoms with Gasteiger partial charge in [-0.25, -0.2) is 0 Å². The summed E-state index contributed by atoms with van der Waals surface area (Å²) < 4.78 is 62.0. The fourth-order valence-electron chi connectivity index (χ4n) is 1.97. The summed E-state index contributed by atoms with van der Waals surface area (Å²) in [6.45, 7) is 4.30. The molecule has 1 atom stereocenters. The van der Waals surface area contributed by atoms with E-state index in [0.717, 1.165) is 0 Å². The lowest BCUT2D eigenvalue weighted by Gasteiger charge is -2.40. The van der Waals surface area contributed by atoms with Gasteiger partial charge >= 0.3 is 18.0 Å². The second-order valence-corrected chi connectivity index (χ2v) is 4.30. The van der Waals surface area contributed by atoms with Crippen molar-refractivity contribution in [3.8, 4) is 0 Å². The SMILES string of the molecule is CCN1CCN(C(=O)C(F)(F)C(F)(F)F)CC1C. The van der Waals surface area contributed by atoms with E-state index in [9.17, 15) is 26.7 Å². The fourth-order valence-corrected chi connectivity index (χ4v) is 1.97. The average molecular weight is 274 g/mol. The van der Waals surface area contributed by atoms with E-state index in [-0.39, 0.29) is 19.1 Å². The van der Waals surface area contributed by atoms with E-state index in [1.807, 2.05) is 11.8 Å². The average Bonchev–Trinajstić information content (AvgIpc) is 2.26. The normalized spacial score (nSPS) is 23.3. The van der Waals surface area contributed by atoms with Gasteiger partial charge in [-0.2, -0.15) is 22.0 Å². The van der Waals surface area contributed by atoms with Gasteiger partial charge in [0.15, 0.2) is 0 Å². The number of hydrogen-bond donors (Lipinski definition) is 0. The summed E-state index contributed by atoms with van der Waals surface area (Å²) in [4.78, 5) is 13.7. The number of piperazine rings is 1. The lowest BCUT2D eigenvalue weighted by Crippen LogP contribution is -2.59. The van der Waals surface area contributed by atoms with Gasteiger partial charge in [-0.05, 0) is 13.5 Å². The molecule has 0 aromatic rings. The molecule has 3 nitrogen and oxygen atoms in total. The molecule has 0 bridgehead atoms. The molecule has 1 rings (SSSR count). The fraction of sp³-hybridized carbons (Fsp3) is 0.900. The van der Waals surface area contributed by atoms with Crippen LogP contribution >= 0.6 is 0 Å². The van der Waals surface area contributed by atoms with Crippen LogP contribution in [0.4, 0.5) is 22.0 Å². The number of likely N-dealkylation sites (N-methyl/N-ethyl adjacent to an activating group) is 1. The minimum atomic E-state index is -5.84. The third kappa shape index (κ3) is 2.73. The monoisotopic (exact) mass is 274 g/mol. The molecule has 1 heterocycles. The van der Waals surface area contributed by atoms with Gasteiger partial charge in [0.2, 0.25) is 0 Å². The molecule has 0 radical (unpaired) electrons. The Morgan fingerprint density at radius 3 is 2.17 bits per heavy atom. The molecule has 0 spiro atoms. The smallest absolute Gasteiger partial charge is 0.334 e. The lowest BCUT2D eigenvalue weighted by molar-refractivity contribution is -0.275. The van der Waals surface area contributed by atoms with E-state index in [4.69, 9.17) is 0 Å². The minimum Gasteiger partial charge on any atom is -0.334 e. The zero-order valence-corrected chi connectivity index (χ0v) is 10.1. The van der Waals surface area contributed by atoms with Gasteiger partial charge in [-0.1, -0.05) is 6.92 Å². The van der Waals surface area contributed by atoms with Crippen LogP contribution in [0.25, 0.3) is 0 Å². The molecule has 0 aliphatic carbocycles. The number of amides is 1. The van der Waals surface area contributed by atoms with Crippen molar-refractivity contribution < 1.29 is 26.7 Å². The van der Waals surface area contributed by atoms with Gasteiger partial charge in [-0.15, -0.1) is 0 Å². The van der Waals surface area contributed by atoms with Crippen molar-refractivity contribution in [3.05, 3.63) is 0 Å². The molecule has 1 unspecified atom stereocenters. The second-order valence-electron chi connectivity index (χ2n) is 4.30. The maximum absolute atomic E-state index is 12.9. The molecule has 8 heteroatoms. The Labute approximate surface area is 102 Å². The Morgan fingerprint density at radius 2 is 1.78 bits per heavy atom. The molecule has 106 valence electrons. The molecule has 0 N–H and O–H groups in total. The molecule has 1 saturated heterocycles. The topological polar surface area (TPSA) is 23.6 Å². The van der Waals surface area contributed by atoms with Crippen LogP contribution < -0.4 is 0 Å². The van der Waals surface area contributed by atoms with Crippen molar-refractivity contribution in [1.82, 2.24) is 9.80 Å². The maximum atomic E-state index is 12.9. The summed E-state index contributed by atoms with van der Waals surface area (Å²) in [5.41, 5.74) is 0. The van der Waals surface area contributed by atoms with Crippen LogP contribution in [0.1, 0.15) is 13.8 Å². The van der Waals surface area contributed by atoms with E-state index in [1.165, 1.54) is 0 Å². The largest absolute Gasteiger partial charge is 0.463 e. The van der Waals surface area contributed by atoms with Crippen LogP contribution in [-0.2, 0) is 4.79 Å². The summed E-state index contributed by atoms with van der Waals surface area (Å²) in [6, 6.07) is -0.225. The van der Waals surface area contributed by atoms with Crippen molar-refractivity contribution in [1.29, 1.82) is 0 Å². The van der Waals surface area contributed by atoms with Crippen molar-refractivity contribution in [2.75, 3.05) is 26.2 Å². The Kier molecular flexibility index (Phi) is 4.19. The number of carbonyl (C=O) groups excluding carboxylic acids is 1. The number of hydrogen-bond acceptors (Lipinski definition) is 2. The van der Waals surface area contributed by atoms with Gasteiger partial charge in [0.1, 0.15) is 0 Å². The van der Waals surface area contributed by atoms with E-state index < -0.39 is 18.0 Å². The van der Waals surface area contributed by atoms with E-state index in [2.05, 4.69) is 0 Å². The number of halogens is 5. The van der Waals surface area contributed by atoms with Crippen molar-refractivity contribution >= 4 is 5.91 Å². The first-order valence-corrected chi connectivity index (χ1v) is 5.59. The highest BCUT2D eigenvalue weighted by Gasteiger charge is 2.64. The standard InChI is InChI=1S/C10H15F5N2O/c1-3-16-4-5-17(6-7(16)2)8(18)9(11,12)10(13,14)15/h7H,3-6H2,1-2H3. The van der Waals surface area contributed by atoms with Gasteiger partial charge in [0, 0.05) is 25.7 Å². The molecular formula is C10H15F5N2O. The summed E-state index contributed by atoms with van der Waals surface area (Å²) >= 11 is 0. The Bertz CT molecular complexity index is 318. The highest BCUT2D eigenvalue weighted by Crippen LogP contribution is 2.37. The number of rotatable bonds is 2. The second kappa shape index (κ2) is 4.99. The zero-order valence-electron chi connectivity index (χ0n) is 10.1. The van der Waals surface area contributed by atoms with Gasteiger partial charge in [-0.3, -0.25) is 9.69 Å². The first-order chi connectivity index (χ1) is 8.11. The molecule has 18 heavy (non-hydrogen) atoms. The molecule has 1 aliphatic rings. The third-order valence-corrected chi connectivity index (χ3v) is 3.08. The van der Waals surface area contributed by atoms with Crippen molar-refractivity contribution in [2.45, 2.75) is 32.0 Å². The molecule has 1 amide bonds. The molecule has 1 fully saturated rings. The van der Waals surface area contributed by atoms with E-state index in [1.54, 1.807) is 6.92 Å². The van der Waals surface area contributed by atoms with E-state index >= 15 is 0 Å². The van der Waals surface area contributed by atoms with Gasteiger partial charge in [0.25, 0.3) is 0 Å². The summed E-state index contributed by atoms with van der Waals surface area (Å²) in [5.74, 6) is -7.46. The highest BCUT2D eigenvalue weighted by atomic mass is 19.4. The van der Waals surface area contributed by atoms with Crippen LogP contribution in [0.2, 0.25) is 0 Å². The Morgan fingerprint density at radius 1 is 1.22 bits per heavy atom. The van der Waals surface area contributed by atoms with Gasteiger partial charge in [0.05, 0.1) is 0 Å². The van der Waals surface area contributed by atoms with Crippen molar-refractivity contribution in [3.63, 3.8) is 0 Å². The Balaban J connectivity index is 2.76. The molecule has 0 aromatic heterocycles. The molecule has 1 aliphatic heterocycles.